The summed E-state index contributed by atoms with van der Waals surface area (Å²) in [5.41, 5.74) is 5.10. The van der Waals surface area contributed by atoms with Gasteiger partial charge in [0.2, 0.25) is 0 Å². The van der Waals surface area contributed by atoms with Crippen molar-refractivity contribution in [2.45, 2.75) is 354 Å². The third kappa shape index (κ3) is 22.7. The first-order chi connectivity index (χ1) is 45.2. The molecule has 0 spiro atoms. The molecule has 6 heterocycles. The van der Waals surface area contributed by atoms with Crippen molar-refractivity contribution in [2.75, 3.05) is 0 Å². The monoisotopic (exact) mass is 1710 g/mol. The summed E-state index contributed by atoms with van der Waals surface area (Å²) in [5.74, 6) is 0.806. The summed E-state index contributed by atoms with van der Waals surface area (Å²) >= 11 is 10.2. The number of halogens is 2. The van der Waals surface area contributed by atoms with Crippen molar-refractivity contribution in [3.8, 4) is 9.75 Å². The molecule has 4 aromatic heterocycles. The number of hydrogen-bond donors (Lipinski definition) is 0. The molecular weight excluding hydrogens is 1580 g/mol. The molecule has 6 nitrogen and oxygen atoms in total. The summed E-state index contributed by atoms with van der Waals surface area (Å²) in [5, 5.41) is 3.34. The SMILES string of the molecule is CCCCC(CC)CCc1c2c[c]([Sn]([CH3])([CH3])[CH3])sc2c(CCC(CC)CCCC)c2c[c]([Sn]([CH3])([CH3])[CH3])sc12.CCCCCCCCC(CCCCCCCC)N1C(=O)c2c(Br)sc(-c3sc(Br)c4c3C(=O)N(C(CCCCCCCC)CCCCCCCC)C4=O)c2C1=O. The first-order valence-electron chi connectivity index (χ1n) is 38.6. The zero-order valence-corrected chi connectivity index (χ0v) is 73.8. The molecule has 2 unspecified atom stereocenters. The van der Waals surface area contributed by atoms with E-state index in [1.807, 2.05) is 0 Å². The summed E-state index contributed by atoms with van der Waals surface area (Å²) < 4.78 is 8.18. The Kier molecular flexibility index (Phi) is 36.9. The predicted molar refractivity (Wildman–Crippen MR) is 430 cm³/mol. The minimum Gasteiger partial charge on any atom is -0.271 e. The van der Waals surface area contributed by atoms with E-state index in [1.165, 1.54) is 202 Å². The Balaban J connectivity index is 0.000000321. The van der Waals surface area contributed by atoms with Gasteiger partial charge in [-0.2, -0.15) is 0 Å². The first kappa shape index (κ1) is 82.3. The van der Waals surface area contributed by atoms with Crippen LogP contribution in [0.5, 0.6) is 0 Å². The Labute approximate surface area is 614 Å². The van der Waals surface area contributed by atoms with E-state index >= 15 is 0 Å². The number of fused-ring (bicyclic) bond motifs is 4. The van der Waals surface area contributed by atoms with Gasteiger partial charge in [0.15, 0.2) is 0 Å². The Morgan fingerprint density at radius 2 is 0.628 bits per heavy atom. The van der Waals surface area contributed by atoms with Gasteiger partial charge < -0.3 is 0 Å². The maximum absolute atomic E-state index is 14.6. The summed E-state index contributed by atoms with van der Waals surface area (Å²) in [6.45, 7) is 18.4. The van der Waals surface area contributed by atoms with E-state index in [1.54, 1.807) is 46.9 Å². The van der Waals surface area contributed by atoms with Crippen LogP contribution in [0.2, 0.25) is 29.6 Å². The molecule has 0 aliphatic carbocycles. The molecule has 2 aliphatic rings. The molecule has 4 amide bonds. The molecule has 2 aliphatic heterocycles. The normalized spacial score (nSPS) is 14.3. The Morgan fingerprint density at radius 1 is 0.351 bits per heavy atom. The molecule has 7 rings (SSSR count). The van der Waals surface area contributed by atoms with Crippen LogP contribution in [0, 0.1) is 11.8 Å². The summed E-state index contributed by atoms with van der Waals surface area (Å²) in [6, 6.07) is 5.15. The minimum atomic E-state index is -2.17. The Bertz CT molecular complexity index is 2850. The zero-order chi connectivity index (χ0) is 68.5. The maximum Gasteiger partial charge on any atom is 0.263 e. The Morgan fingerprint density at radius 3 is 0.904 bits per heavy atom. The largest absolute Gasteiger partial charge is 0.271 e. The summed E-state index contributed by atoms with van der Waals surface area (Å²) in [4.78, 5) is 77.8. The van der Waals surface area contributed by atoms with Crippen molar-refractivity contribution >= 4 is 164 Å². The van der Waals surface area contributed by atoms with Crippen LogP contribution in [0.1, 0.15) is 352 Å². The van der Waals surface area contributed by atoms with Crippen LogP contribution in [0.25, 0.3) is 29.9 Å². The molecule has 5 aromatic rings. The topological polar surface area (TPSA) is 74.8 Å². The average molecular weight is 1710 g/mol. The zero-order valence-electron chi connectivity index (χ0n) is 61.7. The van der Waals surface area contributed by atoms with E-state index in [0.29, 0.717) is 39.6 Å². The number of unbranched alkanes of at least 4 members (excludes halogenated alkanes) is 22. The third-order valence-corrected chi connectivity index (χ3v) is 45.9. The first-order valence-corrected chi connectivity index (χ1v) is 63.4. The predicted octanol–water partition coefficient (Wildman–Crippen LogP) is 27.4. The second-order valence-electron chi connectivity index (χ2n) is 30.5. The minimum absolute atomic E-state index is 0.145. The van der Waals surface area contributed by atoms with Gasteiger partial charge in [-0.25, -0.2) is 0 Å². The fraction of sp³-hybridized carbons (Fsp3) is 0.725. The number of benzene rings is 1. The van der Waals surface area contributed by atoms with Crippen molar-refractivity contribution in [1.29, 1.82) is 0 Å². The van der Waals surface area contributed by atoms with E-state index < -0.39 is 36.8 Å². The molecule has 2 atom stereocenters. The van der Waals surface area contributed by atoms with Crippen LogP contribution in [0.3, 0.4) is 0 Å². The van der Waals surface area contributed by atoms with E-state index in [-0.39, 0.29) is 35.7 Å². The molecule has 1 aromatic carbocycles. The molecule has 14 heteroatoms. The second-order valence-corrected chi connectivity index (χ2v) is 68.1. The fourth-order valence-electron chi connectivity index (χ4n) is 14.6. The molecule has 528 valence electrons. The van der Waals surface area contributed by atoms with Gasteiger partial charge in [-0.15, -0.1) is 22.7 Å². The van der Waals surface area contributed by atoms with Crippen molar-refractivity contribution in [3.63, 3.8) is 0 Å². The van der Waals surface area contributed by atoms with Gasteiger partial charge in [0, 0.05) is 12.1 Å². The number of thiophene rings is 4. The van der Waals surface area contributed by atoms with Gasteiger partial charge in [-0.3, -0.25) is 29.0 Å². The van der Waals surface area contributed by atoms with E-state index in [9.17, 15) is 19.2 Å². The van der Waals surface area contributed by atoms with Gasteiger partial charge >= 0.3 is 255 Å². The Hall–Kier alpha value is -0.623. The van der Waals surface area contributed by atoms with Crippen molar-refractivity contribution in [1.82, 2.24) is 9.80 Å². The van der Waals surface area contributed by atoms with Crippen LogP contribution in [0.4, 0.5) is 0 Å². The fourth-order valence-corrected chi connectivity index (χ4v) is 31.5. The van der Waals surface area contributed by atoms with Gasteiger partial charge in [0.25, 0.3) is 23.6 Å². The van der Waals surface area contributed by atoms with Crippen LogP contribution in [-0.2, 0) is 12.8 Å². The number of imide groups is 2. The molecule has 0 radical (unpaired) electrons. The molecule has 0 bridgehead atoms. The van der Waals surface area contributed by atoms with E-state index in [4.69, 9.17) is 0 Å². The van der Waals surface area contributed by atoms with Crippen molar-refractivity contribution < 1.29 is 19.2 Å². The van der Waals surface area contributed by atoms with Gasteiger partial charge in [-0.05, 0) is 57.5 Å². The summed E-state index contributed by atoms with van der Waals surface area (Å²) in [7, 11) is 0. The van der Waals surface area contributed by atoms with Crippen LogP contribution >= 0.6 is 77.2 Å². The van der Waals surface area contributed by atoms with Crippen molar-refractivity contribution in [2.24, 2.45) is 11.8 Å². The number of nitrogens with zero attached hydrogens (tertiary/aromatic N) is 2. The molecule has 0 fully saturated rings. The summed E-state index contributed by atoms with van der Waals surface area (Å²) in [6.07, 6.45) is 47.4. The van der Waals surface area contributed by atoms with Gasteiger partial charge in [0.05, 0.1) is 39.6 Å². The van der Waals surface area contributed by atoms with Crippen LogP contribution in [0.15, 0.2) is 19.7 Å². The number of rotatable bonds is 47. The number of aryl methyl sites for hydroxylation is 2. The number of carbonyl (C=O) groups is 4. The van der Waals surface area contributed by atoms with Crippen molar-refractivity contribution in [3.05, 3.63) is 53.1 Å². The quantitative estimate of drug-likeness (QED) is 0.0221. The third-order valence-electron chi connectivity index (χ3n) is 20.8. The molecule has 0 saturated carbocycles. The number of carbonyl (C=O) groups excluding carboxylic acids is 4. The van der Waals surface area contributed by atoms with Gasteiger partial charge in [-0.1, -0.05) is 182 Å². The molecule has 0 N–H and O–H groups in total. The van der Waals surface area contributed by atoms with Crippen LogP contribution in [-0.4, -0.2) is 82.3 Å². The van der Waals surface area contributed by atoms with E-state index in [2.05, 4.69) is 152 Å². The smallest absolute Gasteiger partial charge is 0.263 e. The second kappa shape index (κ2) is 42.1. The van der Waals surface area contributed by atoms with Crippen LogP contribution < -0.4 is 5.79 Å². The van der Waals surface area contributed by atoms with Gasteiger partial charge in [0.1, 0.15) is 0 Å². The standard InChI is InChI=1S/C46H70Br2N2O4S2.C28H40S2.6CH3.2Sn/c1-5-9-13-17-21-25-29-33(30-26-22-18-14-10-6-2)49-43(51)35-37(45(49)53)41(47)55-39(35)40-36-38(42(48)56-40)46(54)50(44(36)52)34(31-27-23-19-15-11-7-3)32-28-24-20-16-12-8-4;1-5-9-11-21(7-3)13-15-23-25-17-19-30-28(25)24(26-18-20-29-27(23)26)16-14-22(8-4)12-10-6-2;;;;;;;;/h33-34H,5-32H2,1-4H3;17-18,21-22H,5-16H2,1-4H3;6*1H3;;. The molecule has 0 saturated heterocycles. The number of hydrogen-bond acceptors (Lipinski definition) is 8. The molecular formula is C80H128Br2N2O4S4Sn2. The molecule has 94 heavy (non-hydrogen) atoms. The average Bonchev–Trinajstić information content (AvgIpc) is 1.56. The number of amides is 4. The maximum atomic E-state index is 14.6. The van der Waals surface area contributed by atoms with E-state index in [0.717, 1.165) is 88.9 Å².